The number of nitrogens with zero attached hydrogens (tertiary/aromatic N) is 4. The molecule has 6 rings (SSSR count). The number of carboxylic acids is 1. The van der Waals surface area contributed by atoms with Gasteiger partial charge in [0.2, 0.25) is 11.7 Å². The Morgan fingerprint density at radius 2 is 1.93 bits per heavy atom. The van der Waals surface area contributed by atoms with E-state index in [0.29, 0.717) is 0 Å². The molecule has 45 heavy (non-hydrogen) atoms. The van der Waals surface area contributed by atoms with Gasteiger partial charge >= 0.3 is 12.1 Å². The smallest absolute Gasteiger partial charge is 0.451 e. The lowest BCUT2D eigenvalue weighted by molar-refractivity contribution is -0.144. The predicted octanol–water partition coefficient (Wildman–Crippen LogP) is 5.95. The number of aromatic nitrogens is 3. The number of para-hydroxylation sites is 1. The van der Waals surface area contributed by atoms with Gasteiger partial charge in [-0.1, -0.05) is 30.7 Å². The predicted molar refractivity (Wildman–Crippen MR) is 156 cm³/mol. The van der Waals surface area contributed by atoms with Gasteiger partial charge in [0.05, 0.1) is 27.6 Å². The first-order valence-corrected chi connectivity index (χ1v) is 15.9. The van der Waals surface area contributed by atoms with Crippen molar-refractivity contribution in [3.63, 3.8) is 0 Å². The number of rotatable bonds is 5. The minimum Gasteiger partial charge on any atom is -0.480 e. The molecule has 0 amide bonds. The zero-order chi connectivity index (χ0) is 32.7. The maximum absolute atomic E-state index is 16.9. The van der Waals surface area contributed by atoms with E-state index in [2.05, 4.69) is 15.0 Å². The number of furan rings is 1. The highest BCUT2D eigenvalue weighted by atomic mass is 35.5. The van der Waals surface area contributed by atoms with Gasteiger partial charge in [0.1, 0.15) is 28.9 Å². The molecular weight excluding hydrogens is 644 g/mol. The summed E-state index contributed by atoms with van der Waals surface area (Å²) in [4.78, 5) is 25.1. The summed E-state index contributed by atoms with van der Waals surface area (Å²) in [6.07, 6.45) is -5.41. The first-order chi connectivity index (χ1) is 20.9. The Labute approximate surface area is 259 Å². The lowest BCUT2D eigenvalue weighted by Crippen LogP contribution is -2.51. The minimum atomic E-state index is -4.95. The Bertz CT molecular complexity index is 1950. The number of fused-ring (bicyclic) bond motifs is 3. The standard InChI is InChI=1S/C29H27ClF4N4O6S/c1-14-12-45(41,42)27(2,3)13-28(14,31)18-8-15(30)10-35-24(18)43-16-9-19(25(39)40)38(11-16)23-22-21(36-26(37-23)29(32,33)34)17-6-4-5-7-20(17)44-22/h4-8,10,14,16,19H,9,11-13H2,1-3H3,(H,39,40)/t14-,16-,19-,28-/m0/s1. The van der Waals surface area contributed by atoms with Crippen molar-refractivity contribution in [2.45, 2.75) is 62.4 Å². The third-order valence-corrected chi connectivity index (χ3v) is 11.6. The van der Waals surface area contributed by atoms with E-state index in [9.17, 15) is 31.5 Å². The van der Waals surface area contributed by atoms with Gasteiger partial charge in [-0.05, 0) is 32.0 Å². The van der Waals surface area contributed by atoms with Crippen molar-refractivity contribution >= 4 is 55.3 Å². The van der Waals surface area contributed by atoms with Crippen LogP contribution in [0.25, 0.3) is 22.1 Å². The van der Waals surface area contributed by atoms with Crippen molar-refractivity contribution in [1.82, 2.24) is 15.0 Å². The maximum atomic E-state index is 16.9. The largest absolute Gasteiger partial charge is 0.480 e. The average molecular weight is 671 g/mol. The summed E-state index contributed by atoms with van der Waals surface area (Å²) >= 11 is 6.19. The molecule has 4 atom stereocenters. The molecule has 2 aliphatic heterocycles. The van der Waals surface area contributed by atoms with Gasteiger partial charge in [-0.25, -0.2) is 32.6 Å². The van der Waals surface area contributed by atoms with Crippen LogP contribution in [-0.2, 0) is 26.5 Å². The molecule has 10 nitrogen and oxygen atoms in total. The van der Waals surface area contributed by atoms with Crippen LogP contribution in [-0.4, -0.2) is 63.6 Å². The van der Waals surface area contributed by atoms with E-state index >= 15 is 4.39 Å². The molecule has 0 spiro atoms. The quantitative estimate of drug-likeness (QED) is 0.254. The number of hydrogen-bond acceptors (Lipinski definition) is 9. The molecule has 0 bridgehead atoms. The van der Waals surface area contributed by atoms with E-state index < -0.39 is 68.5 Å². The normalized spacial score (nSPS) is 26.4. The number of hydrogen-bond donors (Lipinski definition) is 1. The zero-order valence-electron chi connectivity index (χ0n) is 24.1. The third kappa shape index (κ3) is 5.23. The number of aliphatic carboxylic acids is 1. The minimum absolute atomic E-state index is 0.0669. The second kappa shape index (κ2) is 10.4. The molecule has 4 aromatic rings. The van der Waals surface area contributed by atoms with Gasteiger partial charge < -0.3 is 19.2 Å². The van der Waals surface area contributed by atoms with Crippen LogP contribution in [0, 0.1) is 5.92 Å². The molecule has 240 valence electrons. The van der Waals surface area contributed by atoms with Gasteiger partial charge in [0.15, 0.2) is 21.2 Å². The lowest BCUT2D eigenvalue weighted by atomic mass is 9.78. The molecule has 1 aromatic carbocycles. The molecule has 2 fully saturated rings. The SMILES string of the molecule is C[C@H]1CS(=O)(=O)C(C)(C)C[C@@]1(F)c1cc(Cl)cnc1O[C@H]1C[C@@H](C(=O)O)N(c2nc(C(F)(F)F)nc3c2oc2ccccc23)C1. The van der Waals surface area contributed by atoms with E-state index in [1.165, 1.54) is 45.2 Å². The number of benzene rings is 1. The fraction of sp³-hybridized carbons (Fsp3) is 0.448. The molecule has 16 heteroatoms. The van der Waals surface area contributed by atoms with Crippen molar-refractivity contribution in [2.24, 2.45) is 5.92 Å². The summed E-state index contributed by atoms with van der Waals surface area (Å²) in [7, 11) is -3.64. The molecule has 1 N–H and O–H groups in total. The van der Waals surface area contributed by atoms with Crippen LogP contribution in [0.3, 0.4) is 0 Å². The highest BCUT2D eigenvalue weighted by Gasteiger charge is 2.55. The average Bonchev–Trinajstić information content (AvgIpc) is 3.53. The van der Waals surface area contributed by atoms with Crippen molar-refractivity contribution in [1.29, 1.82) is 0 Å². The van der Waals surface area contributed by atoms with Gasteiger partial charge in [0.25, 0.3) is 0 Å². The molecule has 0 radical (unpaired) electrons. The van der Waals surface area contributed by atoms with E-state index in [1.54, 1.807) is 12.1 Å². The molecule has 5 heterocycles. The number of anilines is 1. The van der Waals surface area contributed by atoms with Crippen molar-refractivity contribution in [3.05, 3.63) is 52.9 Å². The molecule has 3 aromatic heterocycles. The number of carboxylic acid groups (broad SMARTS) is 1. The first-order valence-electron chi connectivity index (χ1n) is 13.9. The highest BCUT2D eigenvalue weighted by Crippen LogP contribution is 2.51. The van der Waals surface area contributed by atoms with Crippen LogP contribution in [0.15, 0.2) is 40.9 Å². The first kappa shape index (κ1) is 31.3. The van der Waals surface area contributed by atoms with Gasteiger partial charge in [-0.3, -0.25) is 0 Å². The number of pyridine rings is 1. The Morgan fingerprint density at radius 3 is 2.62 bits per heavy atom. The van der Waals surface area contributed by atoms with Gasteiger partial charge in [-0.15, -0.1) is 0 Å². The molecule has 0 saturated carbocycles. The van der Waals surface area contributed by atoms with Crippen LogP contribution in [0.4, 0.5) is 23.4 Å². The van der Waals surface area contributed by atoms with Crippen molar-refractivity contribution in [2.75, 3.05) is 17.2 Å². The Hall–Kier alpha value is -3.72. The van der Waals surface area contributed by atoms with Crippen LogP contribution in [0.5, 0.6) is 5.88 Å². The second-order valence-electron chi connectivity index (χ2n) is 12.1. The molecule has 2 saturated heterocycles. The lowest BCUT2D eigenvalue weighted by Gasteiger charge is -2.44. The zero-order valence-corrected chi connectivity index (χ0v) is 25.7. The second-order valence-corrected chi connectivity index (χ2v) is 15.2. The number of alkyl halides is 4. The topological polar surface area (TPSA) is 136 Å². The van der Waals surface area contributed by atoms with Crippen LogP contribution in [0.2, 0.25) is 5.02 Å². The number of sulfone groups is 1. The summed E-state index contributed by atoms with van der Waals surface area (Å²) in [6.45, 7) is 4.04. The summed E-state index contributed by atoms with van der Waals surface area (Å²) in [5.41, 5.74) is -2.38. The van der Waals surface area contributed by atoms with Crippen molar-refractivity contribution in [3.8, 4) is 5.88 Å². The van der Waals surface area contributed by atoms with Gasteiger partial charge in [-0.2, -0.15) is 13.2 Å². The van der Waals surface area contributed by atoms with E-state index in [4.69, 9.17) is 20.8 Å². The van der Waals surface area contributed by atoms with Crippen molar-refractivity contribution < 1.29 is 45.0 Å². The maximum Gasteiger partial charge on any atom is 0.451 e. The van der Waals surface area contributed by atoms with E-state index in [0.717, 1.165) is 4.90 Å². The monoisotopic (exact) mass is 670 g/mol. The summed E-state index contributed by atoms with van der Waals surface area (Å²) in [6, 6.07) is 6.19. The Kier molecular flexibility index (Phi) is 7.23. The highest BCUT2D eigenvalue weighted by molar-refractivity contribution is 7.92. The van der Waals surface area contributed by atoms with E-state index in [1.807, 2.05) is 0 Å². The number of halogens is 5. The summed E-state index contributed by atoms with van der Waals surface area (Å²) in [5.74, 6) is -4.91. The molecule has 0 aliphatic carbocycles. The van der Waals surface area contributed by atoms with Crippen LogP contribution < -0.4 is 9.64 Å². The number of carbonyl (C=O) groups is 1. The van der Waals surface area contributed by atoms with E-state index in [-0.39, 0.29) is 57.3 Å². The number of ether oxygens (including phenoxy) is 1. The molecule has 0 unspecified atom stereocenters. The van der Waals surface area contributed by atoms with Crippen LogP contribution in [0.1, 0.15) is 45.0 Å². The summed E-state index contributed by atoms with van der Waals surface area (Å²) < 4.78 is 94.8. The Balaban J connectivity index is 1.41. The third-order valence-electron chi connectivity index (χ3n) is 8.59. The molecule has 2 aliphatic rings. The fourth-order valence-electron chi connectivity index (χ4n) is 6.18. The molecular formula is C29H27ClF4N4O6S. The van der Waals surface area contributed by atoms with Crippen LogP contribution >= 0.6 is 11.6 Å². The van der Waals surface area contributed by atoms with Gasteiger partial charge in [0, 0.05) is 30.3 Å². The fourth-order valence-corrected chi connectivity index (χ4v) is 8.14. The summed E-state index contributed by atoms with van der Waals surface area (Å²) in [5, 5.41) is 10.5. The Morgan fingerprint density at radius 1 is 1.22 bits per heavy atom.